The van der Waals surface area contributed by atoms with Gasteiger partial charge in [-0.1, -0.05) is 26.2 Å². The van der Waals surface area contributed by atoms with E-state index in [0.29, 0.717) is 12.1 Å². The normalized spacial score (nSPS) is 17.3. The average molecular weight is 346 g/mol. The Morgan fingerprint density at radius 3 is 2.08 bits per heavy atom. The smallest absolute Gasteiger partial charge is 0.321 e. The van der Waals surface area contributed by atoms with E-state index in [1.54, 1.807) is 31.2 Å². The summed E-state index contributed by atoms with van der Waals surface area (Å²) < 4.78 is 0. The van der Waals surface area contributed by atoms with Crippen molar-refractivity contribution in [2.45, 2.75) is 57.9 Å². The van der Waals surface area contributed by atoms with Gasteiger partial charge in [0.05, 0.1) is 5.54 Å². The van der Waals surface area contributed by atoms with Crippen LogP contribution in [0.2, 0.25) is 0 Å². The number of likely N-dealkylation sites (tertiary alicyclic amines) is 1. The molecule has 25 heavy (non-hydrogen) atoms. The molecule has 1 aliphatic heterocycles. The topological polar surface area (TPSA) is 87.5 Å². The third-order valence-corrected chi connectivity index (χ3v) is 4.58. The molecule has 3 amide bonds. The van der Waals surface area contributed by atoms with Gasteiger partial charge in [0.15, 0.2) is 0 Å². The Morgan fingerprint density at radius 2 is 1.56 bits per heavy atom. The number of hydrogen-bond acceptors (Lipinski definition) is 3. The van der Waals surface area contributed by atoms with Crippen LogP contribution < -0.4 is 16.4 Å². The molecule has 0 spiro atoms. The Bertz CT molecular complexity index is 576. The highest BCUT2D eigenvalue weighted by Gasteiger charge is 2.27. The first-order valence-corrected chi connectivity index (χ1v) is 9.19. The van der Waals surface area contributed by atoms with Crippen LogP contribution in [0.4, 0.5) is 16.2 Å². The summed E-state index contributed by atoms with van der Waals surface area (Å²) in [6.07, 6.45) is 5.99. The van der Waals surface area contributed by atoms with Crippen LogP contribution in [-0.2, 0) is 4.79 Å². The number of carbonyl (C=O) groups is 2. The van der Waals surface area contributed by atoms with E-state index in [-0.39, 0.29) is 11.9 Å². The number of urea groups is 1. The van der Waals surface area contributed by atoms with Gasteiger partial charge < -0.3 is 21.3 Å². The summed E-state index contributed by atoms with van der Waals surface area (Å²) in [6, 6.07) is 7.07. The van der Waals surface area contributed by atoms with Crippen molar-refractivity contribution in [3.63, 3.8) is 0 Å². The summed E-state index contributed by atoms with van der Waals surface area (Å²) in [6.45, 7) is 5.36. The van der Waals surface area contributed by atoms with Crippen LogP contribution in [0, 0.1) is 0 Å². The number of benzene rings is 1. The molecule has 1 unspecified atom stereocenters. The molecule has 0 saturated carbocycles. The molecule has 1 heterocycles. The van der Waals surface area contributed by atoms with Crippen molar-refractivity contribution >= 4 is 23.3 Å². The van der Waals surface area contributed by atoms with E-state index in [1.807, 2.05) is 11.8 Å². The third-order valence-electron chi connectivity index (χ3n) is 4.58. The predicted octanol–water partition coefficient (Wildman–Crippen LogP) is 3.55. The van der Waals surface area contributed by atoms with E-state index in [2.05, 4.69) is 10.6 Å². The van der Waals surface area contributed by atoms with E-state index >= 15 is 0 Å². The summed E-state index contributed by atoms with van der Waals surface area (Å²) in [7, 11) is 0. The minimum atomic E-state index is -0.881. The standard InChI is InChI=1S/C19H30N4O2/c1-3-12-19(2,20)17(24)21-15-8-10-16(11-9-15)22-18(25)23-13-6-4-5-7-14-23/h8-11H,3-7,12-14,20H2,1-2H3,(H,21,24)(H,22,25). The van der Waals surface area contributed by atoms with Crippen molar-refractivity contribution in [2.75, 3.05) is 23.7 Å². The molecule has 6 nitrogen and oxygen atoms in total. The molecular formula is C19H30N4O2. The highest BCUT2D eigenvalue weighted by atomic mass is 16.2. The Labute approximate surface area is 150 Å². The van der Waals surface area contributed by atoms with Crippen molar-refractivity contribution in [3.8, 4) is 0 Å². The molecule has 1 fully saturated rings. The SMILES string of the molecule is CCCC(C)(N)C(=O)Nc1ccc(NC(=O)N2CCCCCC2)cc1. The van der Waals surface area contributed by atoms with Gasteiger partial charge in [0.25, 0.3) is 0 Å². The molecule has 1 atom stereocenters. The maximum atomic E-state index is 12.3. The molecule has 1 aliphatic rings. The second-order valence-corrected chi connectivity index (χ2v) is 7.03. The fraction of sp³-hybridized carbons (Fsp3) is 0.579. The van der Waals surface area contributed by atoms with Crippen LogP contribution >= 0.6 is 0 Å². The van der Waals surface area contributed by atoms with Gasteiger partial charge in [0.1, 0.15) is 0 Å². The summed E-state index contributed by atoms with van der Waals surface area (Å²) in [5, 5.41) is 5.75. The molecule has 6 heteroatoms. The van der Waals surface area contributed by atoms with Gasteiger partial charge in [-0.3, -0.25) is 4.79 Å². The van der Waals surface area contributed by atoms with Gasteiger partial charge in [0.2, 0.25) is 5.91 Å². The minimum absolute atomic E-state index is 0.0591. The Hall–Kier alpha value is -2.08. The second-order valence-electron chi connectivity index (χ2n) is 7.03. The number of amides is 3. The van der Waals surface area contributed by atoms with E-state index in [0.717, 1.165) is 38.0 Å². The number of anilines is 2. The predicted molar refractivity (Wildman–Crippen MR) is 102 cm³/mol. The summed E-state index contributed by atoms with van der Waals surface area (Å²) in [5.74, 6) is -0.198. The number of carbonyl (C=O) groups excluding carboxylic acids is 2. The fourth-order valence-corrected chi connectivity index (χ4v) is 3.02. The lowest BCUT2D eigenvalue weighted by Gasteiger charge is -2.23. The zero-order chi connectivity index (χ0) is 18.3. The van der Waals surface area contributed by atoms with Gasteiger partial charge in [-0.25, -0.2) is 4.79 Å². The maximum Gasteiger partial charge on any atom is 0.321 e. The Balaban J connectivity index is 1.91. The van der Waals surface area contributed by atoms with Crippen molar-refractivity contribution < 1.29 is 9.59 Å². The Kier molecular flexibility index (Phi) is 6.82. The van der Waals surface area contributed by atoms with Gasteiger partial charge in [-0.15, -0.1) is 0 Å². The zero-order valence-electron chi connectivity index (χ0n) is 15.3. The lowest BCUT2D eigenvalue weighted by molar-refractivity contribution is -0.120. The van der Waals surface area contributed by atoms with Crippen molar-refractivity contribution in [1.29, 1.82) is 0 Å². The van der Waals surface area contributed by atoms with Crippen LogP contribution in [0.25, 0.3) is 0 Å². The van der Waals surface area contributed by atoms with Crippen LogP contribution in [-0.4, -0.2) is 35.5 Å². The van der Waals surface area contributed by atoms with E-state index < -0.39 is 5.54 Å². The van der Waals surface area contributed by atoms with Gasteiger partial charge in [-0.2, -0.15) is 0 Å². The molecule has 0 aromatic heterocycles. The molecule has 1 aromatic carbocycles. The van der Waals surface area contributed by atoms with Gasteiger partial charge in [-0.05, 0) is 50.5 Å². The molecular weight excluding hydrogens is 316 g/mol. The van der Waals surface area contributed by atoms with Crippen molar-refractivity contribution in [3.05, 3.63) is 24.3 Å². The van der Waals surface area contributed by atoms with Crippen molar-refractivity contribution in [1.82, 2.24) is 4.90 Å². The summed E-state index contributed by atoms with van der Waals surface area (Å²) >= 11 is 0. The second kappa shape index (κ2) is 8.85. The van der Waals surface area contributed by atoms with E-state index in [4.69, 9.17) is 5.73 Å². The highest BCUT2D eigenvalue weighted by Crippen LogP contribution is 2.18. The molecule has 0 aliphatic carbocycles. The minimum Gasteiger partial charge on any atom is -0.325 e. The summed E-state index contributed by atoms with van der Waals surface area (Å²) in [4.78, 5) is 26.4. The lowest BCUT2D eigenvalue weighted by Crippen LogP contribution is -2.48. The van der Waals surface area contributed by atoms with E-state index in [1.165, 1.54) is 12.8 Å². The molecule has 1 aromatic rings. The number of hydrogen-bond donors (Lipinski definition) is 3. The first-order valence-electron chi connectivity index (χ1n) is 9.19. The first kappa shape index (κ1) is 19.2. The number of nitrogens with two attached hydrogens (primary N) is 1. The Morgan fingerprint density at radius 1 is 1.04 bits per heavy atom. The third kappa shape index (κ3) is 5.74. The van der Waals surface area contributed by atoms with Crippen LogP contribution in [0.1, 0.15) is 52.4 Å². The monoisotopic (exact) mass is 346 g/mol. The van der Waals surface area contributed by atoms with Gasteiger partial charge in [0, 0.05) is 24.5 Å². The van der Waals surface area contributed by atoms with Crippen LogP contribution in [0.5, 0.6) is 0 Å². The average Bonchev–Trinajstić information content (AvgIpc) is 2.86. The molecule has 2 rings (SSSR count). The first-order chi connectivity index (χ1) is 11.9. The fourth-order valence-electron chi connectivity index (χ4n) is 3.02. The molecule has 1 saturated heterocycles. The van der Waals surface area contributed by atoms with Crippen LogP contribution in [0.15, 0.2) is 24.3 Å². The van der Waals surface area contributed by atoms with E-state index in [9.17, 15) is 9.59 Å². The number of nitrogens with one attached hydrogen (secondary N) is 2. The number of rotatable bonds is 5. The lowest BCUT2D eigenvalue weighted by atomic mass is 9.96. The molecule has 138 valence electrons. The quantitative estimate of drug-likeness (QED) is 0.762. The number of nitrogens with zero attached hydrogens (tertiary/aromatic N) is 1. The summed E-state index contributed by atoms with van der Waals surface area (Å²) in [5.41, 5.74) is 6.55. The maximum absolute atomic E-state index is 12.3. The molecule has 4 N–H and O–H groups in total. The zero-order valence-corrected chi connectivity index (χ0v) is 15.3. The van der Waals surface area contributed by atoms with Gasteiger partial charge >= 0.3 is 6.03 Å². The van der Waals surface area contributed by atoms with Crippen molar-refractivity contribution in [2.24, 2.45) is 5.73 Å². The largest absolute Gasteiger partial charge is 0.325 e. The highest BCUT2D eigenvalue weighted by molar-refractivity contribution is 5.98. The molecule has 0 radical (unpaired) electrons. The van der Waals surface area contributed by atoms with Crippen LogP contribution in [0.3, 0.4) is 0 Å². The molecule has 0 bridgehead atoms.